The number of hydrogen-bond donors (Lipinski definition) is 0. The summed E-state index contributed by atoms with van der Waals surface area (Å²) in [5.74, 6) is 14.0. The molecule has 0 aromatic rings. The summed E-state index contributed by atoms with van der Waals surface area (Å²) in [6.45, 7) is 0. The third-order valence-electron chi connectivity index (χ3n) is 0. The fourth-order valence-corrected chi connectivity index (χ4v) is 0. The summed E-state index contributed by atoms with van der Waals surface area (Å²) in [6, 6.07) is 0. The van der Waals surface area contributed by atoms with Crippen molar-refractivity contribution in [3.8, 4) is 0 Å². The largest absolute Gasteiger partial charge is 0 e. The van der Waals surface area contributed by atoms with Crippen LogP contribution in [0.3, 0.4) is 0 Å². The fraction of sp³-hybridized carbons (Fsp3) is 1.00. The molecule has 0 saturated heterocycles. The minimum absolute atomic E-state index is 0. The number of rotatable bonds is 0. The van der Waals surface area contributed by atoms with Crippen molar-refractivity contribution in [1.82, 2.24) is 0 Å². The zero-order valence-corrected chi connectivity index (χ0v) is 17.4. The van der Waals surface area contributed by atoms with E-state index in [4.69, 9.17) is 0 Å². The van der Waals surface area contributed by atoms with E-state index in [0.29, 0.717) is 0 Å². The van der Waals surface area contributed by atoms with Crippen LogP contribution in [0.1, 0.15) is 0 Å². The van der Waals surface area contributed by atoms with Crippen molar-refractivity contribution in [2.45, 2.75) is 34.5 Å². The first-order chi connectivity index (χ1) is 3.46. The van der Waals surface area contributed by atoms with Gasteiger partial charge in [0, 0.05) is 27.7 Å². The molecule has 2 radical (unpaired) electrons. The first kappa shape index (κ1) is 17.2. The molecule has 0 amide bonds. The molecule has 3 heteroatoms. The first-order valence-corrected chi connectivity index (χ1v) is 15.6. The first-order valence-electron chi connectivity index (χ1n) is 3.00. The van der Waals surface area contributed by atoms with Gasteiger partial charge in [0.25, 0.3) is 0 Å². The van der Waals surface area contributed by atoms with Crippen molar-refractivity contribution in [3.05, 3.63) is 0 Å². The molecule has 0 fully saturated rings. The molecule has 0 aromatic carbocycles. The van der Waals surface area contributed by atoms with Gasteiger partial charge in [0.2, 0.25) is 0 Å². The minimum atomic E-state index is -0.333. The topological polar surface area (TPSA) is 0 Å². The predicted molar refractivity (Wildman–Crippen MR) is 46.7 cm³/mol. The average molecular weight is 436 g/mol. The van der Waals surface area contributed by atoms with Gasteiger partial charge in [-0.25, -0.2) is 0 Å². The Morgan fingerprint density at radius 2 is 0.556 bits per heavy atom. The Bertz CT molecular complexity index is 26.5. The predicted octanol–water partition coefficient (Wildman–Crippen LogP) is 2.74. The van der Waals surface area contributed by atoms with Gasteiger partial charge in [-0.1, -0.05) is 0 Å². The van der Waals surface area contributed by atoms with E-state index < -0.39 is 0 Å². The zero-order valence-electron chi connectivity index (χ0n) is 7.71. The average Bonchev–Trinajstić information content (AvgIpc) is 1.25. The third-order valence-corrected chi connectivity index (χ3v) is 0. The molecule has 0 bridgehead atoms. The minimum Gasteiger partial charge on any atom is 0 e. The van der Waals surface area contributed by atoms with Gasteiger partial charge in [0.05, 0.1) is 0 Å². The summed E-state index contributed by atoms with van der Waals surface area (Å²) < 4.78 is 0. The van der Waals surface area contributed by atoms with E-state index in [9.17, 15) is 0 Å². The molecule has 0 aliphatic carbocycles. The summed E-state index contributed by atoms with van der Waals surface area (Å²) in [4.78, 5) is 0. The SMILES string of the molecule is [CH3][Ge]([CH3])[CH3].[CH3][Ge]([CH3])[CH3].[Hg]. The van der Waals surface area contributed by atoms with Gasteiger partial charge in [0.15, 0.2) is 0 Å². The van der Waals surface area contributed by atoms with E-state index in [2.05, 4.69) is 34.5 Å². The van der Waals surface area contributed by atoms with Gasteiger partial charge < -0.3 is 0 Å². The van der Waals surface area contributed by atoms with E-state index in [0.717, 1.165) is 0 Å². The van der Waals surface area contributed by atoms with Gasteiger partial charge in [0.1, 0.15) is 0 Å². The van der Waals surface area contributed by atoms with Crippen LogP contribution in [-0.4, -0.2) is 28.7 Å². The smallest absolute Gasteiger partial charge is 0 e. The molecule has 9 heavy (non-hydrogen) atoms. The molecule has 0 atom stereocenters. The monoisotopic (exact) mass is 440 g/mol. The van der Waals surface area contributed by atoms with Gasteiger partial charge in [-0.3, -0.25) is 0 Å². The maximum atomic E-state index is 2.33. The summed E-state index contributed by atoms with van der Waals surface area (Å²) in [7, 11) is 0. The van der Waals surface area contributed by atoms with Gasteiger partial charge in [-0.15, -0.1) is 0 Å². The van der Waals surface area contributed by atoms with Crippen molar-refractivity contribution in [2.75, 3.05) is 0 Å². The Balaban J connectivity index is -0.0000000720. The zero-order chi connectivity index (χ0) is 7.15. The van der Waals surface area contributed by atoms with Crippen molar-refractivity contribution in [1.29, 1.82) is 0 Å². The van der Waals surface area contributed by atoms with Crippen LogP contribution in [0, 0.1) is 0 Å². The van der Waals surface area contributed by atoms with Gasteiger partial charge >= 0.3 is 63.2 Å². The van der Waals surface area contributed by atoms with Crippen LogP contribution >= 0.6 is 0 Å². The van der Waals surface area contributed by atoms with Crippen molar-refractivity contribution >= 4 is 28.7 Å². The second-order valence-electron chi connectivity index (χ2n) is 3.00. The van der Waals surface area contributed by atoms with Crippen molar-refractivity contribution in [3.63, 3.8) is 0 Å². The summed E-state index contributed by atoms with van der Waals surface area (Å²) >= 11 is -0.667. The van der Waals surface area contributed by atoms with E-state index in [-0.39, 0.29) is 56.4 Å². The van der Waals surface area contributed by atoms with Crippen LogP contribution in [0.25, 0.3) is 0 Å². The Morgan fingerprint density at radius 3 is 0.556 bits per heavy atom. The van der Waals surface area contributed by atoms with Crippen LogP contribution in [0.2, 0.25) is 34.5 Å². The van der Waals surface area contributed by atoms with Crippen LogP contribution in [-0.2, 0) is 27.7 Å². The second kappa shape index (κ2) is 12.7. The third kappa shape index (κ3) is 158. The summed E-state index contributed by atoms with van der Waals surface area (Å²) in [5.41, 5.74) is 0. The fourth-order valence-electron chi connectivity index (χ4n) is 0. The van der Waals surface area contributed by atoms with Gasteiger partial charge in [-0.05, 0) is 0 Å². The quantitative estimate of drug-likeness (QED) is 0.513. The van der Waals surface area contributed by atoms with Crippen LogP contribution in [0.15, 0.2) is 0 Å². The molecular formula is C6H18Ge2Hg. The maximum absolute atomic E-state index is 2.33. The molecule has 0 N–H and O–H groups in total. The standard InChI is InChI=1S/2C3H9Ge.Hg/c2*1-4(2)3;/h2*1-3H3;. The Labute approximate surface area is 89.9 Å². The van der Waals surface area contributed by atoms with Crippen molar-refractivity contribution in [2.24, 2.45) is 0 Å². The maximum Gasteiger partial charge on any atom is 0 e. The molecule has 0 aliphatic heterocycles. The molecule has 0 aliphatic rings. The molecule has 0 aromatic heterocycles. The molecular weight excluding hydrogens is 418 g/mol. The van der Waals surface area contributed by atoms with Gasteiger partial charge in [-0.2, -0.15) is 0 Å². The molecule has 0 heterocycles. The molecule has 52 valence electrons. The Kier molecular flexibility index (Phi) is 24.2. The second-order valence-corrected chi connectivity index (χ2v) is 15.6. The Morgan fingerprint density at radius 1 is 0.556 bits per heavy atom. The molecule has 0 nitrogen and oxygen atoms in total. The molecule has 0 unspecified atom stereocenters. The van der Waals surface area contributed by atoms with E-state index >= 15 is 0 Å². The van der Waals surface area contributed by atoms with E-state index in [1.807, 2.05) is 0 Å². The summed E-state index contributed by atoms with van der Waals surface area (Å²) in [6.07, 6.45) is 0. The molecule has 0 spiro atoms. The normalized spacial score (nSPS) is 8.00. The summed E-state index contributed by atoms with van der Waals surface area (Å²) in [5, 5.41) is 0. The molecule has 0 saturated carbocycles. The number of hydrogen-bond acceptors (Lipinski definition) is 0. The molecule has 0 rings (SSSR count). The van der Waals surface area contributed by atoms with E-state index in [1.165, 1.54) is 0 Å². The van der Waals surface area contributed by atoms with Crippen molar-refractivity contribution < 1.29 is 27.7 Å². The van der Waals surface area contributed by atoms with Crippen LogP contribution < -0.4 is 0 Å². The van der Waals surface area contributed by atoms with E-state index in [1.54, 1.807) is 0 Å². The van der Waals surface area contributed by atoms with Crippen LogP contribution in [0.4, 0.5) is 0 Å². The Hall–Kier alpha value is 2.02. The van der Waals surface area contributed by atoms with Crippen LogP contribution in [0.5, 0.6) is 0 Å².